The summed E-state index contributed by atoms with van der Waals surface area (Å²) in [5.41, 5.74) is 0.750. The van der Waals surface area contributed by atoms with Crippen LogP contribution in [0.25, 0.3) is 5.69 Å². The minimum absolute atomic E-state index is 0.283. The second-order valence-electron chi connectivity index (χ2n) is 2.98. The van der Waals surface area contributed by atoms with E-state index < -0.39 is 0 Å². The Balaban J connectivity index is 2.63. The van der Waals surface area contributed by atoms with Gasteiger partial charge in [-0.25, -0.2) is 0 Å². The molecule has 1 heterocycles. The van der Waals surface area contributed by atoms with E-state index in [0.29, 0.717) is 15.9 Å². The third-order valence-corrected chi connectivity index (χ3v) is 2.57. The van der Waals surface area contributed by atoms with Crippen molar-refractivity contribution in [3.05, 3.63) is 39.4 Å². The van der Waals surface area contributed by atoms with Crippen molar-refractivity contribution in [3.8, 4) is 5.69 Å². The molecule has 3 nitrogen and oxygen atoms in total. The molecule has 0 unspecified atom stereocenters. The molecule has 0 spiro atoms. The molecule has 2 aromatic rings. The molecule has 6 heteroatoms. The Labute approximate surface area is 102 Å². The Morgan fingerprint density at radius 2 is 1.60 bits per heavy atom. The predicted octanol–water partition coefficient (Wildman–Crippen LogP) is 3.54. The van der Waals surface area contributed by atoms with E-state index in [9.17, 15) is 0 Å². The number of halogens is 3. The first-order valence-electron chi connectivity index (χ1n) is 4.12. The van der Waals surface area contributed by atoms with E-state index >= 15 is 0 Å². The lowest BCUT2D eigenvalue weighted by atomic mass is 10.3. The van der Waals surface area contributed by atoms with Crippen LogP contribution < -0.4 is 0 Å². The van der Waals surface area contributed by atoms with Gasteiger partial charge in [0.05, 0.1) is 5.69 Å². The Morgan fingerprint density at radius 1 is 1.00 bits per heavy atom. The number of hydrogen-bond acceptors (Lipinski definition) is 2. The molecule has 0 bridgehead atoms. The van der Waals surface area contributed by atoms with E-state index in [2.05, 4.69) is 10.2 Å². The highest BCUT2D eigenvalue weighted by Crippen LogP contribution is 2.24. The van der Waals surface area contributed by atoms with Crippen molar-refractivity contribution in [1.82, 2.24) is 14.8 Å². The van der Waals surface area contributed by atoms with E-state index in [1.54, 1.807) is 29.7 Å². The Kier molecular flexibility index (Phi) is 2.87. The summed E-state index contributed by atoms with van der Waals surface area (Å²) in [6, 6.07) is 5.14. The van der Waals surface area contributed by atoms with E-state index in [0.717, 1.165) is 5.69 Å². The second kappa shape index (κ2) is 4.00. The number of hydrogen-bond donors (Lipinski definition) is 0. The fourth-order valence-corrected chi connectivity index (χ4v) is 2.07. The third kappa shape index (κ3) is 2.09. The van der Waals surface area contributed by atoms with Crippen molar-refractivity contribution in [2.75, 3.05) is 0 Å². The van der Waals surface area contributed by atoms with E-state index in [1.807, 2.05) is 0 Å². The van der Waals surface area contributed by atoms with Gasteiger partial charge in [0.25, 0.3) is 0 Å². The summed E-state index contributed by atoms with van der Waals surface area (Å²) in [5, 5.41) is 8.96. The standard InChI is InChI=1S/C9H6Cl3N3/c1-5-13-14-9(12)15(5)8-3-6(10)2-7(11)4-8/h2-4H,1H3. The monoisotopic (exact) mass is 261 g/mol. The smallest absolute Gasteiger partial charge is 0.229 e. The molecule has 1 aromatic heterocycles. The Bertz CT molecular complexity index is 468. The van der Waals surface area contributed by atoms with E-state index in [1.165, 1.54) is 0 Å². The van der Waals surface area contributed by atoms with Crippen LogP contribution in [-0.4, -0.2) is 14.8 Å². The zero-order chi connectivity index (χ0) is 11.0. The van der Waals surface area contributed by atoms with Crippen LogP contribution in [0.2, 0.25) is 15.3 Å². The molecule has 0 aliphatic rings. The van der Waals surface area contributed by atoms with Gasteiger partial charge in [0.15, 0.2) is 0 Å². The second-order valence-corrected chi connectivity index (χ2v) is 4.19. The van der Waals surface area contributed by atoms with Crippen molar-refractivity contribution in [2.24, 2.45) is 0 Å². The van der Waals surface area contributed by atoms with Gasteiger partial charge in [0.1, 0.15) is 5.82 Å². The molecule has 0 fully saturated rings. The maximum Gasteiger partial charge on any atom is 0.229 e. The van der Waals surface area contributed by atoms with Gasteiger partial charge in [-0.15, -0.1) is 10.2 Å². The van der Waals surface area contributed by atoms with Crippen LogP contribution in [0.5, 0.6) is 0 Å². The molecular weight excluding hydrogens is 256 g/mol. The normalized spacial score (nSPS) is 10.7. The summed E-state index contributed by atoms with van der Waals surface area (Å²) in [4.78, 5) is 0. The Hall–Kier alpha value is -0.770. The van der Waals surface area contributed by atoms with Crippen molar-refractivity contribution in [3.63, 3.8) is 0 Å². The average Bonchev–Trinajstić information content (AvgIpc) is 2.44. The lowest BCUT2D eigenvalue weighted by molar-refractivity contribution is 0.970. The minimum atomic E-state index is 0.283. The highest BCUT2D eigenvalue weighted by molar-refractivity contribution is 6.35. The highest BCUT2D eigenvalue weighted by Gasteiger charge is 2.09. The van der Waals surface area contributed by atoms with Crippen LogP contribution in [0.15, 0.2) is 18.2 Å². The van der Waals surface area contributed by atoms with Crippen LogP contribution in [0, 0.1) is 6.92 Å². The quantitative estimate of drug-likeness (QED) is 0.787. The van der Waals surface area contributed by atoms with Gasteiger partial charge >= 0.3 is 0 Å². The van der Waals surface area contributed by atoms with Crippen molar-refractivity contribution in [2.45, 2.75) is 6.92 Å². The SMILES string of the molecule is Cc1nnc(Cl)n1-c1cc(Cl)cc(Cl)c1. The third-order valence-electron chi connectivity index (χ3n) is 1.89. The zero-order valence-electron chi connectivity index (χ0n) is 7.71. The van der Waals surface area contributed by atoms with Gasteiger partial charge in [-0.2, -0.15) is 0 Å². The molecule has 0 saturated carbocycles. The number of nitrogens with zero attached hydrogens (tertiary/aromatic N) is 3. The number of rotatable bonds is 1. The van der Waals surface area contributed by atoms with Gasteiger partial charge < -0.3 is 0 Å². The topological polar surface area (TPSA) is 30.7 Å². The highest BCUT2D eigenvalue weighted by atomic mass is 35.5. The predicted molar refractivity (Wildman–Crippen MR) is 61.1 cm³/mol. The molecule has 0 N–H and O–H groups in total. The molecule has 0 aliphatic carbocycles. The molecule has 15 heavy (non-hydrogen) atoms. The lowest BCUT2D eigenvalue weighted by Gasteiger charge is -2.06. The van der Waals surface area contributed by atoms with Crippen LogP contribution in [-0.2, 0) is 0 Å². The largest absolute Gasteiger partial charge is 0.270 e. The number of aromatic nitrogens is 3. The molecule has 0 aliphatic heterocycles. The molecule has 78 valence electrons. The summed E-state index contributed by atoms with van der Waals surface area (Å²) in [7, 11) is 0. The van der Waals surface area contributed by atoms with Gasteiger partial charge in [-0.05, 0) is 36.7 Å². The maximum atomic E-state index is 5.89. The van der Waals surface area contributed by atoms with Crippen molar-refractivity contribution < 1.29 is 0 Å². The van der Waals surface area contributed by atoms with Gasteiger partial charge in [0.2, 0.25) is 5.28 Å². The first-order valence-corrected chi connectivity index (χ1v) is 5.25. The molecule has 0 amide bonds. The first kappa shape index (κ1) is 10.7. The molecule has 0 radical (unpaired) electrons. The van der Waals surface area contributed by atoms with Crippen molar-refractivity contribution in [1.29, 1.82) is 0 Å². The summed E-state index contributed by atoms with van der Waals surface area (Å²) < 4.78 is 1.67. The fraction of sp³-hybridized carbons (Fsp3) is 0.111. The van der Waals surface area contributed by atoms with Crippen LogP contribution in [0.1, 0.15) is 5.82 Å². The zero-order valence-corrected chi connectivity index (χ0v) is 9.98. The minimum Gasteiger partial charge on any atom is -0.270 e. The van der Waals surface area contributed by atoms with Gasteiger partial charge in [-0.1, -0.05) is 23.2 Å². The molecule has 0 saturated heterocycles. The number of aryl methyl sites for hydroxylation is 1. The summed E-state index contributed by atoms with van der Waals surface area (Å²) in [5.74, 6) is 0.679. The maximum absolute atomic E-state index is 5.89. The van der Waals surface area contributed by atoms with E-state index in [4.69, 9.17) is 34.8 Å². The summed E-state index contributed by atoms with van der Waals surface area (Å²) in [6.07, 6.45) is 0. The first-order chi connectivity index (χ1) is 7.08. The van der Waals surface area contributed by atoms with Crippen LogP contribution in [0.3, 0.4) is 0 Å². The fourth-order valence-electron chi connectivity index (χ4n) is 1.30. The van der Waals surface area contributed by atoms with E-state index in [-0.39, 0.29) is 5.28 Å². The van der Waals surface area contributed by atoms with Crippen LogP contribution >= 0.6 is 34.8 Å². The number of benzene rings is 1. The van der Waals surface area contributed by atoms with Crippen molar-refractivity contribution >= 4 is 34.8 Å². The average molecular weight is 263 g/mol. The molecule has 2 rings (SSSR count). The lowest BCUT2D eigenvalue weighted by Crippen LogP contribution is -1.97. The van der Waals surface area contributed by atoms with Crippen LogP contribution in [0.4, 0.5) is 0 Å². The molecule has 0 atom stereocenters. The molecule has 1 aromatic carbocycles. The van der Waals surface area contributed by atoms with Gasteiger partial charge in [0, 0.05) is 10.0 Å². The summed E-state index contributed by atoms with van der Waals surface area (Å²) >= 11 is 17.7. The summed E-state index contributed by atoms with van der Waals surface area (Å²) in [6.45, 7) is 1.80. The molecular formula is C9H6Cl3N3. The Morgan fingerprint density at radius 3 is 2.07 bits per heavy atom. The van der Waals surface area contributed by atoms with Gasteiger partial charge in [-0.3, -0.25) is 4.57 Å².